The summed E-state index contributed by atoms with van der Waals surface area (Å²) in [5.74, 6) is 0.383. The molecule has 1 aromatic heterocycles. The molecule has 8 heteroatoms. The molecule has 0 saturated carbocycles. The average molecular weight is 522 g/mol. The first-order valence-corrected chi connectivity index (χ1v) is 13.5. The highest BCUT2D eigenvalue weighted by Gasteiger charge is 2.40. The number of carbonyl (C=O) groups is 2. The van der Waals surface area contributed by atoms with Gasteiger partial charge in [-0.1, -0.05) is 54.6 Å². The van der Waals surface area contributed by atoms with Gasteiger partial charge in [-0.05, 0) is 73.7 Å². The third-order valence-electron chi connectivity index (χ3n) is 7.91. The number of amides is 1. The van der Waals surface area contributed by atoms with Crippen LogP contribution in [0.3, 0.4) is 0 Å². The Labute approximate surface area is 227 Å². The molecule has 1 unspecified atom stereocenters. The zero-order chi connectivity index (χ0) is 26.8. The van der Waals surface area contributed by atoms with Crippen LogP contribution in [0.2, 0.25) is 0 Å². The van der Waals surface area contributed by atoms with Gasteiger partial charge in [-0.25, -0.2) is 4.79 Å². The van der Waals surface area contributed by atoms with E-state index < -0.39 is 6.09 Å². The highest BCUT2D eigenvalue weighted by atomic mass is 16.4. The number of carbonyl (C=O) groups excluding carboxylic acids is 1. The minimum atomic E-state index is -0.901. The van der Waals surface area contributed by atoms with Crippen LogP contribution in [0, 0.1) is 5.92 Å². The van der Waals surface area contributed by atoms with Crippen molar-refractivity contribution in [2.24, 2.45) is 5.92 Å². The molecule has 4 heterocycles. The first-order valence-electron chi connectivity index (χ1n) is 13.5. The number of nitrogens with zero attached hydrogens (tertiary/aromatic N) is 5. The maximum atomic E-state index is 12.8. The smallest absolute Gasteiger partial charge is 0.412 e. The molecule has 39 heavy (non-hydrogen) atoms. The Morgan fingerprint density at radius 1 is 0.974 bits per heavy atom. The van der Waals surface area contributed by atoms with E-state index in [1.165, 1.54) is 0 Å². The standard InChI is InChI=1S/C31H31N5O3/c37-21-23-10-12-27-28(18-23)33-35(32-27)15-5-4-6-22-9-11-26(24-7-2-1-3-8-24)29(19-22)36(31(38)39)30-20-34-16-13-25(30)14-17-34/h1-4,6-12,18-19,21,25,30H,5,13-17,20H2,(H,38,39). The molecule has 0 aliphatic carbocycles. The molecule has 3 saturated heterocycles. The van der Waals surface area contributed by atoms with E-state index in [2.05, 4.69) is 21.2 Å². The Kier molecular flexibility index (Phi) is 6.94. The molecule has 198 valence electrons. The van der Waals surface area contributed by atoms with Crippen LogP contribution in [0.15, 0.2) is 72.8 Å². The number of rotatable bonds is 8. The summed E-state index contributed by atoms with van der Waals surface area (Å²) in [7, 11) is 0. The number of fused-ring (bicyclic) bond motifs is 4. The molecule has 3 aromatic carbocycles. The van der Waals surface area contributed by atoms with Gasteiger partial charge in [0.05, 0.1) is 18.3 Å². The number of carboxylic acid groups (broad SMARTS) is 1. The Morgan fingerprint density at radius 2 is 1.74 bits per heavy atom. The number of benzene rings is 3. The number of aromatic nitrogens is 3. The minimum absolute atomic E-state index is 0.0496. The summed E-state index contributed by atoms with van der Waals surface area (Å²) in [6.07, 6.45) is 6.79. The first kappa shape index (κ1) is 25.0. The quantitative estimate of drug-likeness (QED) is 0.304. The third-order valence-corrected chi connectivity index (χ3v) is 7.91. The van der Waals surface area contributed by atoms with Gasteiger partial charge in [-0.15, -0.1) is 0 Å². The number of allylic oxidation sites excluding steroid dienone is 1. The van der Waals surface area contributed by atoms with Crippen LogP contribution in [0.1, 0.15) is 35.2 Å². The number of aldehydes is 1. The zero-order valence-corrected chi connectivity index (χ0v) is 21.7. The fourth-order valence-electron chi connectivity index (χ4n) is 5.92. The van der Waals surface area contributed by atoms with Crippen molar-refractivity contribution in [1.29, 1.82) is 0 Å². The SMILES string of the molecule is O=Cc1ccc2nn(CCC=Cc3ccc(-c4ccccc4)c(N(C(=O)O)C4CN5CCC4CC5)c3)nc2c1. The molecule has 8 nitrogen and oxygen atoms in total. The van der Waals surface area contributed by atoms with Crippen molar-refractivity contribution in [3.63, 3.8) is 0 Å². The second kappa shape index (κ2) is 10.8. The van der Waals surface area contributed by atoms with Crippen molar-refractivity contribution in [3.8, 4) is 11.1 Å². The van der Waals surface area contributed by atoms with E-state index >= 15 is 0 Å². The molecule has 4 aromatic rings. The lowest BCUT2D eigenvalue weighted by Gasteiger charge is -2.48. The summed E-state index contributed by atoms with van der Waals surface area (Å²) in [4.78, 5) is 29.4. The predicted molar refractivity (Wildman–Crippen MR) is 152 cm³/mol. The lowest BCUT2D eigenvalue weighted by atomic mass is 9.82. The largest absolute Gasteiger partial charge is 0.465 e. The summed E-state index contributed by atoms with van der Waals surface area (Å²) in [6.45, 7) is 3.49. The summed E-state index contributed by atoms with van der Waals surface area (Å²) >= 11 is 0. The maximum absolute atomic E-state index is 12.8. The lowest BCUT2D eigenvalue weighted by molar-refractivity contribution is 0.0838. The number of piperidine rings is 3. The Balaban J connectivity index is 1.26. The van der Waals surface area contributed by atoms with Gasteiger partial charge in [0.1, 0.15) is 17.3 Å². The first-order chi connectivity index (χ1) is 19.1. The number of hydrogen-bond donors (Lipinski definition) is 1. The molecule has 1 atom stereocenters. The van der Waals surface area contributed by atoms with Crippen molar-refractivity contribution in [2.45, 2.75) is 31.8 Å². The second-order valence-corrected chi connectivity index (χ2v) is 10.4. The Hall–Kier alpha value is -4.30. The monoisotopic (exact) mass is 521 g/mol. The fraction of sp³-hybridized carbons (Fsp3) is 0.290. The number of aryl methyl sites for hydroxylation is 1. The Bertz CT molecular complexity index is 1520. The van der Waals surface area contributed by atoms with Crippen molar-refractivity contribution in [3.05, 3.63) is 83.9 Å². The minimum Gasteiger partial charge on any atom is -0.465 e. The molecule has 1 amide bonds. The van der Waals surface area contributed by atoms with Gasteiger partial charge >= 0.3 is 6.09 Å². The molecule has 1 N–H and O–H groups in total. The van der Waals surface area contributed by atoms with Crippen LogP contribution in [0.4, 0.5) is 10.5 Å². The number of anilines is 1. The van der Waals surface area contributed by atoms with Gasteiger partial charge in [-0.2, -0.15) is 15.0 Å². The van der Waals surface area contributed by atoms with Crippen LogP contribution >= 0.6 is 0 Å². The molecule has 3 aliphatic heterocycles. The molecule has 2 bridgehead atoms. The summed E-state index contributed by atoms with van der Waals surface area (Å²) < 4.78 is 0. The molecule has 3 fully saturated rings. The molecule has 3 aliphatic rings. The fourth-order valence-corrected chi connectivity index (χ4v) is 5.92. The molecular formula is C31H31N5O3. The van der Waals surface area contributed by atoms with E-state index in [0.717, 1.165) is 66.7 Å². The third kappa shape index (κ3) is 5.20. The van der Waals surface area contributed by atoms with E-state index in [0.29, 0.717) is 30.0 Å². The average Bonchev–Trinajstić information content (AvgIpc) is 3.38. The van der Waals surface area contributed by atoms with E-state index in [9.17, 15) is 14.7 Å². The van der Waals surface area contributed by atoms with Crippen molar-refractivity contribution >= 4 is 35.2 Å². The van der Waals surface area contributed by atoms with Crippen LogP contribution in [-0.2, 0) is 6.54 Å². The van der Waals surface area contributed by atoms with Crippen molar-refractivity contribution in [1.82, 2.24) is 19.9 Å². The molecular weight excluding hydrogens is 490 g/mol. The lowest BCUT2D eigenvalue weighted by Crippen LogP contribution is -2.59. The van der Waals surface area contributed by atoms with E-state index in [1.54, 1.807) is 27.9 Å². The summed E-state index contributed by atoms with van der Waals surface area (Å²) in [6, 6.07) is 21.3. The molecule has 0 radical (unpaired) electrons. The maximum Gasteiger partial charge on any atom is 0.412 e. The topological polar surface area (TPSA) is 91.6 Å². The molecule has 0 spiro atoms. The van der Waals surface area contributed by atoms with Gasteiger partial charge in [-0.3, -0.25) is 9.69 Å². The predicted octanol–water partition coefficient (Wildman–Crippen LogP) is 5.59. The summed E-state index contributed by atoms with van der Waals surface area (Å²) in [5.41, 5.74) is 5.65. The van der Waals surface area contributed by atoms with Crippen LogP contribution < -0.4 is 4.90 Å². The second-order valence-electron chi connectivity index (χ2n) is 10.4. The highest BCUT2D eigenvalue weighted by Crippen LogP contribution is 2.38. The van der Waals surface area contributed by atoms with E-state index in [-0.39, 0.29) is 6.04 Å². The van der Waals surface area contributed by atoms with Crippen LogP contribution in [-0.4, -0.2) is 63.1 Å². The highest BCUT2D eigenvalue weighted by molar-refractivity contribution is 5.94. The van der Waals surface area contributed by atoms with Gasteiger partial charge in [0, 0.05) is 17.7 Å². The summed E-state index contributed by atoms with van der Waals surface area (Å²) in [5, 5.41) is 19.4. The van der Waals surface area contributed by atoms with E-state index in [1.807, 2.05) is 54.6 Å². The van der Waals surface area contributed by atoms with E-state index in [4.69, 9.17) is 0 Å². The molecule has 7 rings (SSSR count). The van der Waals surface area contributed by atoms with Gasteiger partial charge in [0.25, 0.3) is 0 Å². The van der Waals surface area contributed by atoms with Gasteiger partial charge in [0.2, 0.25) is 0 Å². The van der Waals surface area contributed by atoms with Gasteiger partial charge in [0.15, 0.2) is 0 Å². The van der Waals surface area contributed by atoms with Crippen LogP contribution in [0.25, 0.3) is 28.2 Å². The van der Waals surface area contributed by atoms with Crippen molar-refractivity contribution < 1.29 is 14.7 Å². The van der Waals surface area contributed by atoms with Crippen LogP contribution in [0.5, 0.6) is 0 Å². The van der Waals surface area contributed by atoms with Crippen molar-refractivity contribution in [2.75, 3.05) is 24.5 Å². The Morgan fingerprint density at radius 3 is 2.46 bits per heavy atom. The zero-order valence-electron chi connectivity index (χ0n) is 21.7. The number of hydrogen-bond acceptors (Lipinski definition) is 5. The van der Waals surface area contributed by atoms with Gasteiger partial charge < -0.3 is 10.0 Å². The normalized spacial score (nSPS) is 20.5.